The second-order valence-corrected chi connectivity index (χ2v) is 11.9. The van der Waals surface area contributed by atoms with Gasteiger partial charge in [0.05, 0.1) is 11.9 Å². The Kier molecular flexibility index (Phi) is 11.5. The molecule has 0 aliphatic carbocycles. The van der Waals surface area contributed by atoms with Crippen LogP contribution in [0, 0.1) is 5.82 Å². The molecule has 0 saturated heterocycles. The molecule has 3 aromatic rings. The van der Waals surface area contributed by atoms with Gasteiger partial charge >= 0.3 is 0 Å². The van der Waals surface area contributed by atoms with E-state index in [1.807, 2.05) is 37.3 Å². The summed E-state index contributed by atoms with van der Waals surface area (Å²) in [4.78, 5) is 28.5. The van der Waals surface area contributed by atoms with Crippen LogP contribution >= 0.6 is 11.6 Å². The van der Waals surface area contributed by atoms with Crippen LogP contribution in [-0.4, -0.2) is 50.5 Å². The van der Waals surface area contributed by atoms with Gasteiger partial charge in [0.1, 0.15) is 11.9 Å². The minimum Gasteiger partial charge on any atom is -0.354 e. The molecule has 0 unspecified atom stereocenters. The highest BCUT2D eigenvalue weighted by Crippen LogP contribution is 2.23. The van der Waals surface area contributed by atoms with Gasteiger partial charge in [-0.15, -0.1) is 0 Å². The number of anilines is 1. The van der Waals surface area contributed by atoms with E-state index in [-0.39, 0.29) is 49.7 Å². The van der Waals surface area contributed by atoms with Crippen molar-refractivity contribution >= 4 is 39.1 Å². The van der Waals surface area contributed by atoms with Crippen molar-refractivity contribution in [1.82, 2.24) is 10.2 Å². The fraction of sp³-hybridized carbons (Fsp3) is 0.333. The van der Waals surface area contributed by atoms with Crippen molar-refractivity contribution in [3.63, 3.8) is 0 Å². The van der Waals surface area contributed by atoms with Gasteiger partial charge in [-0.3, -0.25) is 13.9 Å². The topological polar surface area (TPSA) is 86.8 Å². The summed E-state index contributed by atoms with van der Waals surface area (Å²) in [6.45, 7) is 2.30. The number of hydrogen-bond donors (Lipinski definition) is 1. The molecule has 0 aliphatic rings. The van der Waals surface area contributed by atoms with Crippen molar-refractivity contribution in [3.8, 4) is 0 Å². The molecule has 40 heavy (non-hydrogen) atoms. The molecular weight excluding hydrogens is 553 g/mol. The smallest absolute Gasteiger partial charge is 0.243 e. The minimum atomic E-state index is -3.65. The van der Waals surface area contributed by atoms with E-state index in [2.05, 4.69) is 5.32 Å². The van der Waals surface area contributed by atoms with Crippen molar-refractivity contribution in [2.45, 2.75) is 45.2 Å². The second-order valence-electron chi connectivity index (χ2n) is 9.53. The molecule has 3 rings (SSSR count). The summed E-state index contributed by atoms with van der Waals surface area (Å²) in [5, 5.41) is 3.27. The Morgan fingerprint density at radius 3 is 2.35 bits per heavy atom. The maximum Gasteiger partial charge on any atom is 0.243 e. The van der Waals surface area contributed by atoms with Crippen LogP contribution in [-0.2, 0) is 32.6 Å². The van der Waals surface area contributed by atoms with Crippen molar-refractivity contribution < 1.29 is 22.4 Å². The Morgan fingerprint density at radius 2 is 1.70 bits per heavy atom. The standard InChI is InChI=1S/C30H35ClFN3O4S/c1-3-18-33-30(37)28(20-23-11-5-4-6-12-23)34(22-24-13-7-8-16-27(24)32)29(36)17-10-19-35(40(2,38)39)26-15-9-14-25(31)21-26/h4-9,11-16,21,28H,3,10,17-20,22H2,1-2H3,(H,33,37)/t28-/m0/s1. The second kappa shape index (κ2) is 14.8. The minimum absolute atomic E-state index is 0.0316. The molecule has 2 amide bonds. The van der Waals surface area contributed by atoms with Crippen molar-refractivity contribution in [2.75, 3.05) is 23.7 Å². The predicted molar refractivity (Wildman–Crippen MR) is 157 cm³/mol. The molecule has 7 nitrogen and oxygen atoms in total. The number of carbonyl (C=O) groups excluding carboxylic acids is 2. The molecule has 0 aromatic heterocycles. The quantitative estimate of drug-likeness (QED) is 0.281. The van der Waals surface area contributed by atoms with Gasteiger partial charge in [-0.1, -0.05) is 73.1 Å². The zero-order chi connectivity index (χ0) is 29.1. The van der Waals surface area contributed by atoms with Crippen molar-refractivity contribution in [1.29, 1.82) is 0 Å². The third-order valence-electron chi connectivity index (χ3n) is 6.37. The summed E-state index contributed by atoms with van der Waals surface area (Å²) in [5.41, 5.74) is 1.54. The lowest BCUT2D eigenvalue weighted by Gasteiger charge is -2.32. The van der Waals surface area contributed by atoms with Gasteiger partial charge in [0, 0.05) is 43.1 Å². The number of nitrogens with one attached hydrogen (secondary N) is 1. The predicted octanol–water partition coefficient (Wildman–Crippen LogP) is 5.19. The zero-order valence-corrected chi connectivity index (χ0v) is 24.3. The first-order chi connectivity index (χ1) is 19.1. The summed E-state index contributed by atoms with van der Waals surface area (Å²) in [6, 6.07) is 21.1. The lowest BCUT2D eigenvalue weighted by molar-refractivity contribution is -0.141. The highest BCUT2D eigenvalue weighted by molar-refractivity contribution is 7.92. The fourth-order valence-electron chi connectivity index (χ4n) is 4.37. The van der Waals surface area contributed by atoms with Crippen LogP contribution in [0.25, 0.3) is 0 Å². The maximum atomic E-state index is 14.7. The molecule has 0 spiro atoms. The first-order valence-electron chi connectivity index (χ1n) is 13.2. The van der Waals surface area contributed by atoms with E-state index in [1.54, 1.807) is 42.5 Å². The number of rotatable bonds is 14. The summed E-state index contributed by atoms with van der Waals surface area (Å²) in [6.07, 6.45) is 2.19. The van der Waals surface area contributed by atoms with E-state index < -0.39 is 21.9 Å². The third kappa shape index (κ3) is 9.06. The number of halogens is 2. The molecule has 0 radical (unpaired) electrons. The van der Waals surface area contributed by atoms with E-state index in [0.29, 0.717) is 17.3 Å². The highest BCUT2D eigenvalue weighted by atomic mass is 35.5. The average Bonchev–Trinajstić information content (AvgIpc) is 2.92. The van der Waals surface area contributed by atoms with Gasteiger partial charge in [-0.2, -0.15) is 0 Å². The molecular formula is C30H35ClFN3O4S. The van der Waals surface area contributed by atoms with Crippen molar-refractivity contribution in [2.24, 2.45) is 0 Å². The summed E-state index contributed by atoms with van der Waals surface area (Å²) in [7, 11) is -3.65. The maximum absolute atomic E-state index is 14.7. The van der Waals surface area contributed by atoms with Gasteiger partial charge in [-0.25, -0.2) is 12.8 Å². The van der Waals surface area contributed by atoms with Gasteiger partial charge in [-0.05, 0) is 42.7 Å². The van der Waals surface area contributed by atoms with Gasteiger partial charge < -0.3 is 10.2 Å². The van der Waals surface area contributed by atoms with E-state index in [0.717, 1.165) is 18.2 Å². The lowest BCUT2D eigenvalue weighted by Crippen LogP contribution is -2.50. The Morgan fingerprint density at radius 1 is 1.00 bits per heavy atom. The van der Waals surface area contributed by atoms with E-state index in [4.69, 9.17) is 11.6 Å². The Balaban J connectivity index is 1.88. The molecule has 0 aliphatic heterocycles. The van der Waals surface area contributed by atoms with Crippen LogP contribution in [0.5, 0.6) is 0 Å². The van der Waals surface area contributed by atoms with E-state index in [9.17, 15) is 22.4 Å². The number of benzene rings is 3. The molecule has 1 atom stereocenters. The summed E-state index contributed by atoms with van der Waals surface area (Å²) >= 11 is 6.07. The third-order valence-corrected chi connectivity index (χ3v) is 7.80. The van der Waals surface area contributed by atoms with Crippen molar-refractivity contribution in [3.05, 3.63) is 101 Å². The molecule has 0 saturated carbocycles. The Bertz CT molecular complexity index is 1390. The number of sulfonamides is 1. The molecule has 0 bridgehead atoms. The molecule has 10 heteroatoms. The number of nitrogens with zero attached hydrogens (tertiary/aromatic N) is 2. The largest absolute Gasteiger partial charge is 0.354 e. The molecule has 3 aromatic carbocycles. The van der Waals surface area contributed by atoms with Crippen LogP contribution < -0.4 is 9.62 Å². The molecule has 0 fully saturated rings. The number of hydrogen-bond acceptors (Lipinski definition) is 4. The summed E-state index contributed by atoms with van der Waals surface area (Å²) < 4.78 is 40.9. The van der Waals surface area contributed by atoms with E-state index >= 15 is 0 Å². The van der Waals surface area contributed by atoms with Crippen LogP contribution in [0.2, 0.25) is 5.02 Å². The number of carbonyl (C=O) groups is 2. The zero-order valence-electron chi connectivity index (χ0n) is 22.7. The lowest BCUT2D eigenvalue weighted by atomic mass is 10.0. The molecule has 0 heterocycles. The Labute approximate surface area is 241 Å². The normalized spacial score (nSPS) is 12.0. The van der Waals surface area contributed by atoms with Crippen LogP contribution in [0.4, 0.5) is 10.1 Å². The molecule has 214 valence electrons. The molecule has 1 N–H and O–H groups in total. The first-order valence-corrected chi connectivity index (χ1v) is 15.4. The summed E-state index contributed by atoms with van der Waals surface area (Å²) in [5.74, 6) is -1.18. The van der Waals surface area contributed by atoms with Crippen LogP contribution in [0.15, 0.2) is 78.9 Å². The average molecular weight is 588 g/mol. The van der Waals surface area contributed by atoms with Gasteiger partial charge in [0.2, 0.25) is 21.8 Å². The Hall–Kier alpha value is -3.43. The monoisotopic (exact) mass is 587 g/mol. The van der Waals surface area contributed by atoms with Gasteiger partial charge in [0.25, 0.3) is 0 Å². The van der Waals surface area contributed by atoms with Crippen LogP contribution in [0.1, 0.15) is 37.3 Å². The van der Waals surface area contributed by atoms with Gasteiger partial charge in [0.15, 0.2) is 0 Å². The highest BCUT2D eigenvalue weighted by Gasteiger charge is 2.31. The van der Waals surface area contributed by atoms with Crippen LogP contribution in [0.3, 0.4) is 0 Å². The fourth-order valence-corrected chi connectivity index (χ4v) is 5.51. The number of amides is 2. The SMILES string of the molecule is CCCNC(=O)[C@H](Cc1ccccc1)N(Cc1ccccc1F)C(=O)CCCN(c1cccc(Cl)c1)S(C)(=O)=O. The van der Waals surface area contributed by atoms with E-state index in [1.165, 1.54) is 15.3 Å². The first kappa shape index (κ1) is 31.1.